The van der Waals surface area contributed by atoms with Crippen LogP contribution in [-0.2, 0) is 6.42 Å². The second kappa shape index (κ2) is 9.32. The van der Waals surface area contributed by atoms with Crippen LogP contribution in [0.15, 0.2) is 72.3 Å². The lowest BCUT2D eigenvalue weighted by Gasteiger charge is -2.26. The number of thiophene rings is 1. The van der Waals surface area contributed by atoms with Gasteiger partial charge in [-0.3, -0.25) is 9.69 Å². The van der Waals surface area contributed by atoms with Crippen LogP contribution in [0.3, 0.4) is 0 Å². The van der Waals surface area contributed by atoms with Crippen LogP contribution in [-0.4, -0.2) is 30.3 Å². The monoisotopic (exact) mass is 397 g/mol. The van der Waals surface area contributed by atoms with Crippen molar-refractivity contribution in [1.29, 1.82) is 0 Å². The topological polar surface area (TPSA) is 20.3 Å². The van der Waals surface area contributed by atoms with Crippen molar-refractivity contribution in [3.63, 3.8) is 0 Å². The first kappa shape index (κ1) is 19.8. The zero-order valence-corrected chi connectivity index (χ0v) is 16.9. The van der Waals surface area contributed by atoms with Gasteiger partial charge in [0, 0.05) is 30.8 Å². The van der Waals surface area contributed by atoms with Gasteiger partial charge in [0.25, 0.3) is 0 Å². The van der Waals surface area contributed by atoms with E-state index in [1.807, 2.05) is 18.2 Å². The third kappa shape index (κ3) is 5.07. The Morgan fingerprint density at radius 3 is 2.56 bits per heavy atom. The molecule has 0 N–H and O–H groups in total. The predicted molar refractivity (Wildman–Crippen MR) is 117 cm³/mol. The summed E-state index contributed by atoms with van der Waals surface area (Å²) in [6.07, 6.45) is 5.11. The third-order valence-corrected chi connectivity index (χ3v) is 6.17. The molecular weight excluding hydrogens is 374 g/mol. The highest BCUT2D eigenvalue weighted by molar-refractivity contribution is 7.20. The second-order valence-corrected chi connectivity index (χ2v) is 7.98. The van der Waals surface area contributed by atoms with E-state index in [0.29, 0.717) is 6.42 Å². The molecule has 1 aliphatic heterocycles. The van der Waals surface area contributed by atoms with E-state index in [-0.39, 0.29) is 18.2 Å². The number of halogens is 1. The second-order valence-electron chi connectivity index (χ2n) is 6.90. The highest BCUT2D eigenvalue weighted by atomic mass is 35.5. The molecule has 0 saturated carbocycles. The van der Waals surface area contributed by atoms with Gasteiger partial charge >= 0.3 is 0 Å². The molecule has 0 amide bonds. The molecule has 1 aliphatic rings. The van der Waals surface area contributed by atoms with Gasteiger partial charge in [0.05, 0.1) is 4.88 Å². The van der Waals surface area contributed by atoms with Crippen LogP contribution in [0.25, 0.3) is 10.1 Å². The van der Waals surface area contributed by atoms with E-state index in [9.17, 15) is 4.79 Å². The maximum Gasteiger partial charge on any atom is 0.174 e. The molecule has 0 fully saturated rings. The van der Waals surface area contributed by atoms with E-state index in [0.717, 1.165) is 37.4 Å². The molecule has 0 bridgehead atoms. The van der Waals surface area contributed by atoms with Gasteiger partial charge in [-0.25, -0.2) is 0 Å². The van der Waals surface area contributed by atoms with Crippen molar-refractivity contribution in [3.8, 4) is 0 Å². The number of hydrogen-bond donors (Lipinski definition) is 0. The molecule has 2 nitrogen and oxygen atoms in total. The average Bonchev–Trinajstić information content (AvgIpc) is 3.12. The van der Waals surface area contributed by atoms with Gasteiger partial charge in [0.15, 0.2) is 5.78 Å². The van der Waals surface area contributed by atoms with Crippen LogP contribution >= 0.6 is 23.7 Å². The summed E-state index contributed by atoms with van der Waals surface area (Å²) >= 11 is 1.61. The molecule has 4 heteroatoms. The molecule has 3 aromatic rings. The summed E-state index contributed by atoms with van der Waals surface area (Å²) in [5.74, 6) is 0.269. The summed E-state index contributed by atoms with van der Waals surface area (Å²) < 4.78 is 1.20. The van der Waals surface area contributed by atoms with Gasteiger partial charge in [-0.2, -0.15) is 0 Å². The van der Waals surface area contributed by atoms with Gasteiger partial charge in [-0.05, 0) is 35.9 Å². The Morgan fingerprint density at radius 2 is 1.81 bits per heavy atom. The van der Waals surface area contributed by atoms with E-state index in [4.69, 9.17) is 0 Å². The fraction of sp³-hybridized carbons (Fsp3) is 0.261. The first-order valence-electron chi connectivity index (χ1n) is 9.24. The Kier molecular flexibility index (Phi) is 6.84. The van der Waals surface area contributed by atoms with Crippen molar-refractivity contribution in [2.75, 3.05) is 19.6 Å². The van der Waals surface area contributed by atoms with Crippen LogP contribution < -0.4 is 0 Å². The van der Waals surface area contributed by atoms with E-state index < -0.39 is 0 Å². The summed E-state index contributed by atoms with van der Waals surface area (Å²) in [5, 5.41) is 1.17. The summed E-state index contributed by atoms with van der Waals surface area (Å²) in [6, 6.07) is 20.9. The first-order valence-corrected chi connectivity index (χ1v) is 10.1. The fourth-order valence-electron chi connectivity index (χ4n) is 3.48. The SMILES string of the molecule is Cl.O=C(CCN1CC=C(Cc2ccccc2)CC1)c1cc2ccccc2s1. The highest BCUT2D eigenvalue weighted by Gasteiger charge is 2.15. The van der Waals surface area contributed by atoms with Gasteiger partial charge in [-0.1, -0.05) is 60.2 Å². The van der Waals surface area contributed by atoms with Crippen LogP contribution in [0, 0.1) is 0 Å². The number of rotatable bonds is 6. The minimum Gasteiger partial charge on any atom is -0.299 e. The molecule has 0 spiro atoms. The molecule has 0 radical (unpaired) electrons. The fourth-order valence-corrected chi connectivity index (χ4v) is 4.51. The smallest absolute Gasteiger partial charge is 0.174 e. The van der Waals surface area contributed by atoms with Gasteiger partial charge in [0.2, 0.25) is 0 Å². The van der Waals surface area contributed by atoms with Crippen LogP contribution in [0.2, 0.25) is 0 Å². The number of carbonyl (C=O) groups is 1. The number of Topliss-reactive ketones (excluding diaryl/α,β-unsaturated/α-hetero) is 1. The first-order chi connectivity index (χ1) is 12.8. The number of fused-ring (bicyclic) bond motifs is 1. The summed E-state index contributed by atoms with van der Waals surface area (Å²) in [6.45, 7) is 2.86. The van der Waals surface area contributed by atoms with Crippen molar-refractivity contribution in [2.24, 2.45) is 0 Å². The van der Waals surface area contributed by atoms with Crippen molar-refractivity contribution in [2.45, 2.75) is 19.3 Å². The third-order valence-electron chi connectivity index (χ3n) is 5.02. The van der Waals surface area contributed by atoms with Crippen molar-refractivity contribution < 1.29 is 4.79 Å². The van der Waals surface area contributed by atoms with E-state index >= 15 is 0 Å². The number of nitrogens with zero attached hydrogens (tertiary/aromatic N) is 1. The minimum absolute atomic E-state index is 0. The lowest BCUT2D eigenvalue weighted by molar-refractivity contribution is 0.0970. The number of ketones is 1. The molecular formula is C23H24ClNOS. The molecule has 2 aromatic carbocycles. The standard InChI is InChI=1S/C23H23NOS.ClH/c25-21(23-17-20-8-4-5-9-22(20)26-23)12-15-24-13-10-19(11-14-24)16-18-6-2-1-3-7-18;/h1-10,17H,11-16H2;1H. The van der Waals surface area contributed by atoms with E-state index in [1.165, 1.54) is 21.2 Å². The van der Waals surface area contributed by atoms with Gasteiger partial charge in [0.1, 0.15) is 0 Å². The van der Waals surface area contributed by atoms with Gasteiger partial charge < -0.3 is 0 Å². The summed E-state index contributed by atoms with van der Waals surface area (Å²) in [5.41, 5.74) is 2.90. The summed E-state index contributed by atoms with van der Waals surface area (Å²) in [4.78, 5) is 15.8. The van der Waals surface area contributed by atoms with E-state index in [2.05, 4.69) is 53.4 Å². The zero-order valence-electron chi connectivity index (χ0n) is 15.3. The number of carbonyl (C=O) groups excluding carboxylic acids is 1. The van der Waals surface area contributed by atoms with Crippen LogP contribution in [0.5, 0.6) is 0 Å². The molecule has 27 heavy (non-hydrogen) atoms. The molecule has 1 aromatic heterocycles. The molecule has 4 rings (SSSR count). The van der Waals surface area contributed by atoms with Crippen molar-refractivity contribution in [1.82, 2.24) is 4.90 Å². The quantitative estimate of drug-likeness (QED) is 0.388. The van der Waals surface area contributed by atoms with Crippen molar-refractivity contribution in [3.05, 3.63) is 82.8 Å². The minimum atomic E-state index is 0. The highest BCUT2D eigenvalue weighted by Crippen LogP contribution is 2.26. The Bertz CT molecular complexity index is 899. The predicted octanol–water partition coefficient (Wildman–Crippen LogP) is 5.77. The zero-order chi connectivity index (χ0) is 17.8. The maximum atomic E-state index is 12.5. The molecule has 0 saturated heterocycles. The van der Waals surface area contributed by atoms with E-state index in [1.54, 1.807) is 11.3 Å². The molecule has 140 valence electrons. The molecule has 0 aliphatic carbocycles. The average molecular weight is 398 g/mol. The molecule has 0 atom stereocenters. The Hall–Kier alpha value is -1.94. The number of hydrogen-bond acceptors (Lipinski definition) is 3. The van der Waals surface area contributed by atoms with Crippen LogP contribution in [0.4, 0.5) is 0 Å². The Morgan fingerprint density at radius 1 is 1.04 bits per heavy atom. The largest absolute Gasteiger partial charge is 0.299 e. The lowest BCUT2D eigenvalue weighted by atomic mass is 9.99. The molecule has 2 heterocycles. The number of benzene rings is 2. The van der Waals surface area contributed by atoms with Crippen molar-refractivity contribution >= 4 is 39.6 Å². The maximum absolute atomic E-state index is 12.5. The lowest BCUT2D eigenvalue weighted by Crippen LogP contribution is -2.31. The Balaban J connectivity index is 0.00000210. The normalized spacial score (nSPS) is 14.6. The van der Waals surface area contributed by atoms with Gasteiger partial charge in [-0.15, -0.1) is 23.7 Å². The molecule has 0 unspecified atom stereocenters. The summed E-state index contributed by atoms with van der Waals surface area (Å²) in [7, 11) is 0. The van der Waals surface area contributed by atoms with Crippen LogP contribution in [0.1, 0.15) is 28.1 Å². The Labute approximate surface area is 170 Å².